The van der Waals surface area contributed by atoms with Crippen molar-refractivity contribution in [2.75, 3.05) is 6.54 Å². The first-order valence-electron chi connectivity index (χ1n) is 8.42. The maximum Gasteiger partial charge on any atom is 0.251 e. The molecule has 0 radical (unpaired) electrons. The fourth-order valence-corrected chi connectivity index (χ4v) is 2.84. The number of amides is 1. The van der Waals surface area contributed by atoms with E-state index in [1.807, 2.05) is 63.2 Å². The third-order valence-electron chi connectivity index (χ3n) is 4.53. The molecule has 1 aromatic heterocycles. The number of benzene rings is 2. The summed E-state index contributed by atoms with van der Waals surface area (Å²) in [6, 6.07) is 13.5. The van der Waals surface area contributed by atoms with Crippen LogP contribution in [0.2, 0.25) is 0 Å². The van der Waals surface area contributed by atoms with Crippen molar-refractivity contribution < 1.29 is 4.79 Å². The Kier molecular flexibility index (Phi) is 4.70. The number of pyridine rings is 1. The first-order chi connectivity index (χ1) is 11.9. The van der Waals surface area contributed by atoms with E-state index in [4.69, 9.17) is 0 Å². The van der Waals surface area contributed by atoms with E-state index in [0.29, 0.717) is 24.1 Å². The Bertz CT molecular complexity index is 1000. The van der Waals surface area contributed by atoms with Gasteiger partial charge in [-0.2, -0.15) is 0 Å². The van der Waals surface area contributed by atoms with Gasteiger partial charge in [0, 0.05) is 23.2 Å². The highest BCUT2D eigenvalue weighted by molar-refractivity contribution is 5.94. The lowest BCUT2D eigenvalue weighted by Gasteiger charge is -2.08. The van der Waals surface area contributed by atoms with E-state index < -0.39 is 0 Å². The van der Waals surface area contributed by atoms with Crippen molar-refractivity contribution >= 4 is 16.8 Å². The number of rotatable bonds is 4. The van der Waals surface area contributed by atoms with E-state index in [0.717, 1.165) is 27.6 Å². The zero-order valence-corrected chi connectivity index (χ0v) is 14.8. The van der Waals surface area contributed by atoms with Crippen LogP contribution in [0.4, 0.5) is 0 Å². The van der Waals surface area contributed by atoms with Gasteiger partial charge in [-0.3, -0.25) is 9.59 Å². The standard InChI is InChI=1S/C21H22N2O2/c1-13-4-6-16-12-18(21(25)23-19(16)10-13)8-9-22-20(24)17-7-5-14(2)15(3)11-17/h4-7,10-12H,8-9H2,1-3H3,(H,22,24)(H,23,25). The van der Waals surface area contributed by atoms with Crippen molar-refractivity contribution in [2.45, 2.75) is 27.2 Å². The van der Waals surface area contributed by atoms with Gasteiger partial charge in [0.25, 0.3) is 11.5 Å². The van der Waals surface area contributed by atoms with Crippen LogP contribution in [0.3, 0.4) is 0 Å². The number of aryl methyl sites for hydroxylation is 3. The number of hydrogen-bond acceptors (Lipinski definition) is 2. The number of carbonyl (C=O) groups is 1. The molecule has 0 aliphatic rings. The van der Waals surface area contributed by atoms with E-state index in [1.54, 1.807) is 0 Å². The van der Waals surface area contributed by atoms with Gasteiger partial charge in [0.2, 0.25) is 0 Å². The molecule has 1 amide bonds. The fourth-order valence-electron chi connectivity index (χ4n) is 2.84. The van der Waals surface area contributed by atoms with Gasteiger partial charge >= 0.3 is 0 Å². The predicted octanol–water partition coefficient (Wildman–Crippen LogP) is 3.43. The van der Waals surface area contributed by atoms with Crippen molar-refractivity contribution in [1.82, 2.24) is 10.3 Å². The summed E-state index contributed by atoms with van der Waals surface area (Å²) in [4.78, 5) is 27.4. The van der Waals surface area contributed by atoms with Gasteiger partial charge in [0.15, 0.2) is 0 Å². The Hall–Kier alpha value is -2.88. The molecule has 3 rings (SSSR count). The third-order valence-corrected chi connectivity index (χ3v) is 4.53. The Morgan fingerprint density at radius 2 is 1.80 bits per heavy atom. The normalized spacial score (nSPS) is 10.8. The topological polar surface area (TPSA) is 62.0 Å². The molecule has 2 aromatic carbocycles. The van der Waals surface area contributed by atoms with Crippen LogP contribution in [0.1, 0.15) is 32.6 Å². The molecule has 2 N–H and O–H groups in total. The smallest absolute Gasteiger partial charge is 0.251 e. The van der Waals surface area contributed by atoms with Gasteiger partial charge in [0.05, 0.1) is 0 Å². The van der Waals surface area contributed by atoms with Gasteiger partial charge < -0.3 is 10.3 Å². The summed E-state index contributed by atoms with van der Waals surface area (Å²) in [6.45, 7) is 6.42. The van der Waals surface area contributed by atoms with Crippen LogP contribution < -0.4 is 10.9 Å². The number of aromatic amines is 1. The Labute approximate surface area is 146 Å². The predicted molar refractivity (Wildman–Crippen MR) is 101 cm³/mol. The van der Waals surface area contributed by atoms with E-state index in [9.17, 15) is 9.59 Å². The molecule has 4 nitrogen and oxygen atoms in total. The lowest BCUT2D eigenvalue weighted by Crippen LogP contribution is -2.27. The number of fused-ring (bicyclic) bond motifs is 1. The van der Waals surface area contributed by atoms with Crippen LogP contribution in [-0.2, 0) is 6.42 Å². The van der Waals surface area contributed by atoms with Crippen molar-refractivity contribution in [3.63, 3.8) is 0 Å². The zero-order chi connectivity index (χ0) is 18.0. The summed E-state index contributed by atoms with van der Waals surface area (Å²) >= 11 is 0. The molecule has 0 atom stereocenters. The molecule has 0 spiro atoms. The van der Waals surface area contributed by atoms with Crippen molar-refractivity contribution in [3.05, 3.63) is 80.6 Å². The summed E-state index contributed by atoms with van der Waals surface area (Å²) in [7, 11) is 0. The Balaban J connectivity index is 1.69. The molecule has 0 saturated carbocycles. The minimum absolute atomic E-state index is 0.0986. The molecular weight excluding hydrogens is 312 g/mol. The molecule has 0 aliphatic carbocycles. The number of aromatic nitrogens is 1. The SMILES string of the molecule is Cc1ccc2cc(CCNC(=O)c3ccc(C)c(C)c3)c(=O)[nH]c2c1. The van der Waals surface area contributed by atoms with Crippen LogP contribution >= 0.6 is 0 Å². The summed E-state index contributed by atoms with van der Waals surface area (Å²) < 4.78 is 0. The van der Waals surface area contributed by atoms with Gasteiger partial charge in [-0.15, -0.1) is 0 Å². The number of H-pyrrole nitrogens is 1. The first kappa shape index (κ1) is 17.0. The van der Waals surface area contributed by atoms with Gasteiger partial charge in [-0.25, -0.2) is 0 Å². The minimum Gasteiger partial charge on any atom is -0.352 e. The number of hydrogen-bond donors (Lipinski definition) is 2. The molecule has 0 aliphatic heterocycles. The van der Waals surface area contributed by atoms with E-state index in [1.165, 1.54) is 0 Å². The summed E-state index contributed by atoms with van der Waals surface area (Å²) in [5.41, 5.74) is 5.43. The summed E-state index contributed by atoms with van der Waals surface area (Å²) in [5, 5.41) is 3.89. The van der Waals surface area contributed by atoms with Gasteiger partial charge in [-0.1, -0.05) is 18.2 Å². The molecule has 4 heteroatoms. The average Bonchev–Trinajstić information content (AvgIpc) is 2.57. The second-order valence-electron chi connectivity index (χ2n) is 6.52. The maximum absolute atomic E-state index is 12.2. The molecule has 128 valence electrons. The molecule has 0 bridgehead atoms. The average molecular weight is 334 g/mol. The van der Waals surface area contributed by atoms with Gasteiger partial charge in [-0.05, 0) is 73.5 Å². The van der Waals surface area contributed by atoms with Gasteiger partial charge in [0.1, 0.15) is 0 Å². The highest BCUT2D eigenvalue weighted by Crippen LogP contribution is 2.13. The minimum atomic E-state index is -0.115. The fraction of sp³-hybridized carbons (Fsp3) is 0.238. The third kappa shape index (κ3) is 3.79. The summed E-state index contributed by atoms with van der Waals surface area (Å²) in [6.07, 6.45) is 0.496. The van der Waals surface area contributed by atoms with Crippen LogP contribution in [0.15, 0.2) is 47.3 Å². The van der Waals surface area contributed by atoms with E-state index in [-0.39, 0.29) is 11.5 Å². The summed E-state index contributed by atoms with van der Waals surface area (Å²) in [5.74, 6) is -0.115. The monoisotopic (exact) mass is 334 g/mol. The van der Waals surface area contributed by atoms with E-state index in [2.05, 4.69) is 10.3 Å². The molecule has 25 heavy (non-hydrogen) atoms. The molecule has 0 saturated heterocycles. The lowest BCUT2D eigenvalue weighted by atomic mass is 10.1. The lowest BCUT2D eigenvalue weighted by molar-refractivity contribution is 0.0954. The largest absolute Gasteiger partial charge is 0.352 e. The Morgan fingerprint density at radius 1 is 1.00 bits per heavy atom. The molecule has 3 aromatic rings. The quantitative estimate of drug-likeness (QED) is 0.768. The van der Waals surface area contributed by atoms with Crippen LogP contribution in [0.5, 0.6) is 0 Å². The first-order valence-corrected chi connectivity index (χ1v) is 8.42. The zero-order valence-electron chi connectivity index (χ0n) is 14.8. The Morgan fingerprint density at radius 3 is 2.56 bits per heavy atom. The van der Waals surface area contributed by atoms with Crippen molar-refractivity contribution in [2.24, 2.45) is 0 Å². The molecule has 0 fully saturated rings. The van der Waals surface area contributed by atoms with Crippen molar-refractivity contribution in [1.29, 1.82) is 0 Å². The highest BCUT2D eigenvalue weighted by atomic mass is 16.1. The van der Waals surface area contributed by atoms with Crippen LogP contribution in [0.25, 0.3) is 10.9 Å². The molecule has 1 heterocycles. The highest BCUT2D eigenvalue weighted by Gasteiger charge is 2.08. The second kappa shape index (κ2) is 6.93. The van der Waals surface area contributed by atoms with E-state index >= 15 is 0 Å². The molecular formula is C21H22N2O2. The van der Waals surface area contributed by atoms with Crippen LogP contribution in [-0.4, -0.2) is 17.4 Å². The van der Waals surface area contributed by atoms with Crippen molar-refractivity contribution in [3.8, 4) is 0 Å². The number of carbonyl (C=O) groups excluding carboxylic acids is 1. The second-order valence-corrected chi connectivity index (χ2v) is 6.52. The van der Waals surface area contributed by atoms with Crippen LogP contribution in [0, 0.1) is 20.8 Å². The maximum atomic E-state index is 12.2. The number of nitrogens with one attached hydrogen (secondary N) is 2. The molecule has 0 unspecified atom stereocenters.